The summed E-state index contributed by atoms with van der Waals surface area (Å²) in [6.07, 6.45) is 3.26. The van der Waals surface area contributed by atoms with Crippen molar-refractivity contribution in [3.8, 4) is 10.6 Å². The van der Waals surface area contributed by atoms with E-state index in [9.17, 15) is 0 Å². The molecular weight excluding hydrogens is 405 g/mol. The first-order chi connectivity index (χ1) is 9.70. The van der Waals surface area contributed by atoms with Gasteiger partial charge < -0.3 is 5.32 Å². The molecule has 0 saturated heterocycles. The van der Waals surface area contributed by atoms with Gasteiger partial charge in [-0.1, -0.05) is 35.9 Å². The second-order valence-corrected chi connectivity index (χ2v) is 7.11. The number of hydrogen-bond donors (Lipinski definition) is 1. The van der Waals surface area contributed by atoms with Crippen LogP contribution in [-0.2, 0) is 6.42 Å². The summed E-state index contributed by atoms with van der Waals surface area (Å²) in [5.74, 6) is 0. The number of benzene rings is 1. The highest BCUT2D eigenvalue weighted by molar-refractivity contribution is 14.1. The van der Waals surface area contributed by atoms with Crippen LogP contribution in [0.2, 0.25) is 5.02 Å². The summed E-state index contributed by atoms with van der Waals surface area (Å²) in [5, 5.41) is 14.7. The Morgan fingerprint density at radius 3 is 2.90 bits per heavy atom. The predicted octanol–water partition coefficient (Wildman–Crippen LogP) is 4.40. The Labute approximate surface area is 142 Å². The number of nitrogens with zero attached hydrogens (tertiary/aromatic N) is 2. The SMILES string of the molecule is CCCNCCCc1nnc(-c2ccc(I)c(Cl)c2)s1. The first-order valence-electron chi connectivity index (χ1n) is 6.69. The van der Waals surface area contributed by atoms with Crippen LogP contribution in [0.25, 0.3) is 10.6 Å². The van der Waals surface area contributed by atoms with Gasteiger partial charge in [0, 0.05) is 15.6 Å². The van der Waals surface area contributed by atoms with Crippen molar-refractivity contribution in [2.45, 2.75) is 26.2 Å². The van der Waals surface area contributed by atoms with Gasteiger partial charge in [-0.15, -0.1) is 10.2 Å². The van der Waals surface area contributed by atoms with Gasteiger partial charge in [0.05, 0.1) is 5.02 Å². The van der Waals surface area contributed by atoms with E-state index < -0.39 is 0 Å². The van der Waals surface area contributed by atoms with Crippen LogP contribution in [0.15, 0.2) is 18.2 Å². The van der Waals surface area contributed by atoms with Crippen LogP contribution in [0, 0.1) is 3.57 Å². The average molecular weight is 422 g/mol. The summed E-state index contributed by atoms with van der Waals surface area (Å²) in [7, 11) is 0. The fourth-order valence-electron chi connectivity index (χ4n) is 1.77. The molecule has 0 aliphatic rings. The first kappa shape index (κ1) is 16.1. The van der Waals surface area contributed by atoms with Gasteiger partial charge in [0.1, 0.15) is 10.0 Å². The number of rotatable bonds is 7. The molecule has 108 valence electrons. The lowest BCUT2D eigenvalue weighted by Gasteiger charge is -2.00. The molecule has 0 saturated carbocycles. The second-order valence-electron chi connectivity index (χ2n) is 4.48. The van der Waals surface area contributed by atoms with Gasteiger partial charge in [-0.2, -0.15) is 0 Å². The molecule has 6 heteroatoms. The van der Waals surface area contributed by atoms with E-state index in [1.807, 2.05) is 18.2 Å². The van der Waals surface area contributed by atoms with Crippen LogP contribution in [0.4, 0.5) is 0 Å². The standard InChI is InChI=1S/C14H17ClIN3S/c1-2-7-17-8-3-4-13-18-19-14(20-13)10-5-6-12(16)11(15)9-10/h5-6,9,17H,2-4,7-8H2,1H3. The highest BCUT2D eigenvalue weighted by Crippen LogP contribution is 2.28. The molecule has 3 nitrogen and oxygen atoms in total. The second kappa shape index (κ2) is 8.26. The van der Waals surface area contributed by atoms with Crippen LogP contribution >= 0.6 is 45.5 Å². The summed E-state index contributed by atoms with van der Waals surface area (Å²) in [4.78, 5) is 0. The maximum Gasteiger partial charge on any atom is 0.147 e. The van der Waals surface area contributed by atoms with Crippen LogP contribution < -0.4 is 5.32 Å². The lowest BCUT2D eigenvalue weighted by molar-refractivity contribution is 0.637. The van der Waals surface area contributed by atoms with Crippen LogP contribution in [0.1, 0.15) is 24.8 Å². The van der Waals surface area contributed by atoms with E-state index in [4.69, 9.17) is 11.6 Å². The average Bonchev–Trinajstić information content (AvgIpc) is 2.90. The third-order valence-corrected chi connectivity index (χ3v) is 5.41. The molecule has 1 aromatic heterocycles. The summed E-state index contributed by atoms with van der Waals surface area (Å²) < 4.78 is 1.06. The molecule has 1 N–H and O–H groups in total. The van der Waals surface area contributed by atoms with Gasteiger partial charge in [0.15, 0.2) is 0 Å². The minimum Gasteiger partial charge on any atom is -0.317 e. The van der Waals surface area contributed by atoms with Gasteiger partial charge in [-0.25, -0.2) is 0 Å². The van der Waals surface area contributed by atoms with Crippen molar-refractivity contribution in [2.75, 3.05) is 13.1 Å². The molecule has 2 aromatic rings. The molecule has 1 aromatic carbocycles. The molecular formula is C14H17ClIN3S. The lowest BCUT2D eigenvalue weighted by atomic mass is 10.2. The number of aryl methyl sites for hydroxylation is 1. The van der Waals surface area contributed by atoms with Crippen molar-refractivity contribution in [1.29, 1.82) is 0 Å². The number of halogens is 2. The third kappa shape index (κ3) is 4.65. The maximum atomic E-state index is 6.14. The predicted molar refractivity (Wildman–Crippen MR) is 94.6 cm³/mol. The smallest absolute Gasteiger partial charge is 0.147 e. The molecule has 1 heterocycles. The summed E-state index contributed by atoms with van der Waals surface area (Å²) in [5.41, 5.74) is 1.04. The van der Waals surface area contributed by atoms with Gasteiger partial charge in [-0.05, 0) is 60.7 Å². The Balaban J connectivity index is 1.93. The van der Waals surface area contributed by atoms with E-state index >= 15 is 0 Å². The van der Waals surface area contributed by atoms with Gasteiger partial charge in [0.25, 0.3) is 0 Å². The Bertz CT molecular complexity index is 559. The summed E-state index contributed by atoms with van der Waals surface area (Å²) in [6.45, 7) is 4.30. The summed E-state index contributed by atoms with van der Waals surface area (Å²) in [6, 6.07) is 6.01. The van der Waals surface area contributed by atoms with Crippen LogP contribution in [0.5, 0.6) is 0 Å². The molecule has 0 radical (unpaired) electrons. The fourth-order valence-corrected chi connectivity index (χ4v) is 3.16. The van der Waals surface area contributed by atoms with Crippen molar-refractivity contribution in [3.63, 3.8) is 0 Å². The summed E-state index contributed by atoms with van der Waals surface area (Å²) >= 11 is 10.0. The van der Waals surface area contributed by atoms with Crippen molar-refractivity contribution in [1.82, 2.24) is 15.5 Å². The van der Waals surface area contributed by atoms with E-state index in [1.54, 1.807) is 11.3 Å². The van der Waals surface area contributed by atoms with Crippen molar-refractivity contribution in [2.24, 2.45) is 0 Å². The number of hydrogen-bond acceptors (Lipinski definition) is 4. The van der Waals surface area contributed by atoms with E-state index in [1.165, 1.54) is 6.42 Å². The van der Waals surface area contributed by atoms with E-state index in [0.29, 0.717) is 0 Å². The molecule has 0 spiro atoms. The van der Waals surface area contributed by atoms with Crippen molar-refractivity contribution in [3.05, 3.63) is 31.8 Å². The van der Waals surface area contributed by atoms with Crippen molar-refractivity contribution < 1.29 is 0 Å². The quantitative estimate of drug-likeness (QED) is 0.532. The molecule has 0 unspecified atom stereocenters. The minimum absolute atomic E-state index is 0.767. The van der Waals surface area contributed by atoms with Gasteiger partial charge in [0.2, 0.25) is 0 Å². The Kier molecular flexibility index (Phi) is 6.67. The lowest BCUT2D eigenvalue weighted by Crippen LogP contribution is -2.16. The topological polar surface area (TPSA) is 37.8 Å². The zero-order chi connectivity index (χ0) is 14.4. The first-order valence-corrected chi connectivity index (χ1v) is 8.96. The monoisotopic (exact) mass is 421 g/mol. The number of aromatic nitrogens is 2. The van der Waals surface area contributed by atoms with Crippen LogP contribution in [-0.4, -0.2) is 23.3 Å². The molecule has 20 heavy (non-hydrogen) atoms. The van der Waals surface area contributed by atoms with Gasteiger partial charge in [-0.3, -0.25) is 0 Å². The van der Waals surface area contributed by atoms with Crippen molar-refractivity contribution >= 4 is 45.5 Å². The highest BCUT2D eigenvalue weighted by Gasteiger charge is 2.08. The zero-order valence-corrected chi connectivity index (χ0v) is 15.1. The molecule has 0 aliphatic carbocycles. The van der Waals surface area contributed by atoms with E-state index in [0.717, 1.165) is 50.1 Å². The molecule has 0 amide bonds. The molecule has 0 aliphatic heterocycles. The highest BCUT2D eigenvalue weighted by atomic mass is 127. The molecule has 0 bridgehead atoms. The Hall–Kier alpha value is -0.240. The largest absolute Gasteiger partial charge is 0.317 e. The number of nitrogens with one attached hydrogen (secondary N) is 1. The van der Waals surface area contributed by atoms with Gasteiger partial charge >= 0.3 is 0 Å². The Morgan fingerprint density at radius 2 is 2.15 bits per heavy atom. The Morgan fingerprint density at radius 1 is 1.30 bits per heavy atom. The van der Waals surface area contributed by atoms with E-state index in [2.05, 4.69) is 45.0 Å². The maximum absolute atomic E-state index is 6.14. The molecule has 0 fully saturated rings. The third-order valence-electron chi connectivity index (χ3n) is 2.80. The minimum atomic E-state index is 0.767. The fraction of sp³-hybridized carbons (Fsp3) is 0.429. The van der Waals surface area contributed by atoms with Crippen LogP contribution in [0.3, 0.4) is 0 Å². The zero-order valence-electron chi connectivity index (χ0n) is 11.3. The van der Waals surface area contributed by atoms with E-state index in [-0.39, 0.29) is 0 Å². The molecule has 2 rings (SSSR count). The normalized spacial score (nSPS) is 10.9. The molecule has 0 atom stereocenters.